The Morgan fingerprint density at radius 2 is 1.67 bits per heavy atom. The van der Waals surface area contributed by atoms with Crippen molar-refractivity contribution in [2.75, 3.05) is 7.11 Å². The second kappa shape index (κ2) is 9.16. The molecule has 2 rings (SSSR count). The van der Waals surface area contributed by atoms with E-state index in [4.69, 9.17) is 9.68 Å². The van der Waals surface area contributed by atoms with Crippen LogP contribution in [-0.2, 0) is 16.3 Å². The second-order valence-electron chi connectivity index (χ2n) is 5.08. The predicted molar refractivity (Wildman–Crippen MR) is 96.9 cm³/mol. The highest BCUT2D eigenvalue weighted by molar-refractivity contribution is 5.99. The van der Waals surface area contributed by atoms with E-state index in [1.165, 1.54) is 7.11 Å². The Hall–Kier alpha value is -3.06. The van der Waals surface area contributed by atoms with E-state index in [1.807, 2.05) is 68.4 Å². The topological polar surface area (TPSA) is 43.2 Å². The maximum atomic E-state index is 5.43. The van der Waals surface area contributed by atoms with Crippen molar-refractivity contribution in [1.82, 2.24) is 0 Å². The molecule has 0 unspecified atom stereocenters. The summed E-state index contributed by atoms with van der Waals surface area (Å²) in [6, 6.07) is 17.6. The van der Waals surface area contributed by atoms with Crippen LogP contribution >= 0.6 is 0 Å². The van der Waals surface area contributed by atoms with Gasteiger partial charge in [0.15, 0.2) is 0 Å². The zero-order valence-corrected chi connectivity index (χ0v) is 14.1. The van der Waals surface area contributed by atoms with Crippen LogP contribution in [0.25, 0.3) is 0 Å². The molecule has 2 aromatic rings. The first-order chi connectivity index (χ1) is 11.7. The molecule has 0 amide bonds. The summed E-state index contributed by atoms with van der Waals surface area (Å²) in [5.41, 5.74) is 4.33. The molecule has 122 valence electrons. The monoisotopic (exact) mass is 320 g/mol. The van der Waals surface area contributed by atoms with E-state index >= 15 is 0 Å². The molecule has 0 spiro atoms. The lowest BCUT2D eigenvalue weighted by molar-refractivity contribution is 0.130. The molecule has 0 saturated carbocycles. The summed E-state index contributed by atoms with van der Waals surface area (Å²) in [7, 11) is 1.53. The molecule has 0 fully saturated rings. The number of rotatable bonds is 5. The Labute approximate surface area is 142 Å². The zero-order chi connectivity index (χ0) is 17.2. The SMILES string of the molecule is CO/N=C(/C)c1ccccc1CO/N=C(\C)C#Cc1ccccc1. The van der Waals surface area contributed by atoms with Crippen molar-refractivity contribution in [3.05, 3.63) is 71.3 Å². The molecule has 0 bridgehead atoms. The summed E-state index contributed by atoms with van der Waals surface area (Å²) in [6.45, 7) is 4.05. The van der Waals surface area contributed by atoms with Gasteiger partial charge in [0.05, 0.1) is 5.71 Å². The van der Waals surface area contributed by atoms with Gasteiger partial charge in [-0.3, -0.25) is 0 Å². The van der Waals surface area contributed by atoms with Gasteiger partial charge in [0, 0.05) is 16.7 Å². The van der Waals surface area contributed by atoms with Gasteiger partial charge in [0.2, 0.25) is 0 Å². The molecule has 0 N–H and O–H groups in total. The van der Waals surface area contributed by atoms with E-state index in [0.29, 0.717) is 12.3 Å². The molecule has 4 heteroatoms. The first kappa shape index (κ1) is 17.3. The second-order valence-corrected chi connectivity index (χ2v) is 5.08. The van der Waals surface area contributed by atoms with Crippen LogP contribution in [0, 0.1) is 11.8 Å². The third-order valence-electron chi connectivity index (χ3n) is 3.22. The van der Waals surface area contributed by atoms with E-state index in [0.717, 1.165) is 22.4 Å². The maximum absolute atomic E-state index is 5.43. The first-order valence-corrected chi connectivity index (χ1v) is 7.60. The number of oxime groups is 2. The van der Waals surface area contributed by atoms with E-state index < -0.39 is 0 Å². The summed E-state index contributed by atoms with van der Waals surface area (Å²) in [4.78, 5) is 10.3. The van der Waals surface area contributed by atoms with Gasteiger partial charge in [-0.2, -0.15) is 0 Å². The molecular formula is C20H20N2O2. The maximum Gasteiger partial charge on any atom is 0.143 e. The number of nitrogens with zero attached hydrogens (tertiary/aromatic N) is 2. The molecule has 0 heterocycles. The molecule has 0 aliphatic rings. The Morgan fingerprint density at radius 1 is 0.958 bits per heavy atom. The molecule has 0 saturated heterocycles. The average Bonchev–Trinajstić information content (AvgIpc) is 2.61. The highest BCUT2D eigenvalue weighted by atomic mass is 16.6. The van der Waals surface area contributed by atoms with Gasteiger partial charge in [-0.1, -0.05) is 58.7 Å². The Morgan fingerprint density at radius 3 is 2.42 bits per heavy atom. The van der Waals surface area contributed by atoms with Crippen LogP contribution < -0.4 is 0 Å². The van der Waals surface area contributed by atoms with Crippen LogP contribution in [0.5, 0.6) is 0 Å². The van der Waals surface area contributed by atoms with Gasteiger partial charge in [-0.25, -0.2) is 0 Å². The fourth-order valence-corrected chi connectivity index (χ4v) is 2.09. The van der Waals surface area contributed by atoms with Crippen LogP contribution in [0.3, 0.4) is 0 Å². The Balaban J connectivity index is 2.02. The molecule has 0 aromatic heterocycles. The zero-order valence-electron chi connectivity index (χ0n) is 14.1. The Bertz CT molecular complexity index is 784. The summed E-state index contributed by atoms with van der Waals surface area (Å²) < 4.78 is 0. The van der Waals surface area contributed by atoms with Gasteiger partial charge in [0.1, 0.15) is 19.4 Å². The van der Waals surface area contributed by atoms with Crippen molar-refractivity contribution in [2.45, 2.75) is 20.5 Å². The van der Waals surface area contributed by atoms with Crippen molar-refractivity contribution >= 4 is 11.4 Å². The van der Waals surface area contributed by atoms with Crippen LogP contribution in [0.2, 0.25) is 0 Å². The fraction of sp³-hybridized carbons (Fsp3) is 0.200. The lowest BCUT2D eigenvalue weighted by Crippen LogP contribution is -2.02. The van der Waals surface area contributed by atoms with Crippen molar-refractivity contribution in [3.8, 4) is 11.8 Å². The lowest BCUT2D eigenvalue weighted by Gasteiger charge is -2.07. The van der Waals surface area contributed by atoms with Crippen LogP contribution in [0.1, 0.15) is 30.5 Å². The average molecular weight is 320 g/mol. The highest BCUT2D eigenvalue weighted by Crippen LogP contribution is 2.12. The number of hydrogen-bond donors (Lipinski definition) is 0. The minimum atomic E-state index is 0.344. The third-order valence-corrected chi connectivity index (χ3v) is 3.22. The van der Waals surface area contributed by atoms with Gasteiger partial charge in [-0.15, -0.1) is 0 Å². The van der Waals surface area contributed by atoms with Crippen LogP contribution in [0.15, 0.2) is 64.9 Å². The quantitative estimate of drug-likeness (QED) is 0.475. The molecule has 2 aromatic carbocycles. The summed E-state index contributed by atoms with van der Waals surface area (Å²) in [5, 5.41) is 8.02. The third kappa shape index (κ3) is 5.29. The van der Waals surface area contributed by atoms with Gasteiger partial charge in [-0.05, 0) is 31.9 Å². The number of benzene rings is 2. The van der Waals surface area contributed by atoms with Crippen molar-refractivity contribution < 1.29 is 9.68 Å². The predicted octanol–water partition coefficient (Wildman–Crippen LogP) is 4.00. The normalized spacial score (nSPS) is 11.5. The van der Waals surface area contributed by atoms with E-state index in [1.54, 1.807) is 0 Å². The number of hydrogen-bond acceptors (Lipinski definition) is 4. The fourth-order valence-electron chi connectivity index (χ4n) is 2.09. The van der Waals surface area contributed by atoms with Crippen LogP contribution in [0.4, 0.5) is 0 Å². The summed E-state index contributed by atoms with van der Waals surface area (Å²) in [5.74, 6) is 6.02. The van der Waals surface area contributed by atoms with E-state index in [2.05, 4.69) is 22.2 Å². The van der Waals surface area contributed by atoms with Crippen molar-refractivity contribution in [1.29, 1.82) is 0 Å². The minimum absolute atomic E-state index is 0.344. The molecule has 0 aliphatic heterocycles. The molecule has 24 heavy (non-hydrogen) atoms. The lowest BCUT2D eigenvalue weighted by atomic mass is 10.0. The van der Waals surface area contributed by atoms with Crippen molar-refractivity contribution in [3.63, 3.8) is 0 Å². The molecule has 0 aliphatic carbocycles. The molecule has 0 atom stereocenters. The first-order valence-electron chi connectivity index (χ1n) is 7.60. The largest absolute Gasteiger partial charge is 0.399 e. The minimum Gasteiger partial charge on any atom is -0.399 e. The van der Waals surface area contributed by atoms with Gasteiger partial charge < -0.3 is 9.68 Å². The summed E-state index contributed by atoms with van der Waals surface area (Å²) in [6.07, 6.45) is 0. The Kier molecular flexibility index (Phi) is 6.60. The van der Waals surface area contributed by atoms with Crippen LogP contribution in [-0.4, -0.2) is 18.5 Å². The van der Waals surface area contributed by atoms with E-state index in [-0.39, 0.29) is 0 Å². The standard InChI is InChI=1S/C20H20N2O2/c1-16(13-14-18-9-5-4-6-10-18)21-24-15-19-11-7-8-12-20(19)17(2)22-23-3/h4-12H,15H2,1-3H3/b21-16+,22-17-. The molecular weight excluding hydrogens is 300 g/mol. The summed E-state index contributed by atoms with van der Waals surface area (Å²) >= 11 is 0. The van der Waals surface area contributed by atoms with Gasteiger partial charge in [0.25, 0.3) is 0 Å². The smallest absolute Gasteiger partial charge is 0.143 e. The molecule has 4 nitrogen and oxygen atoms in total. The highest BCUT2D eigenvalue weighted by Gasteiger charge is 2.05. The van der Waals surface area contributed by atoms with Crippen molar-refractivity contribution in [2.24, 2.45) is 10.3 Å². The molecule has 0 radical (unpaired) electrons. The van der Waals surface area contributed by atoms with E-state index in [9.17, 15) is 0 Å². The van der Waals surface area contributed by atoms with Gasteiger partial charge >= 0.3 is 0 Å².